The zero-order valence-electron chi connectivity index (χ0n) is 9.21. The van der Waals surface area contributed by atoms with Crippen LogP contribution in [-0.4, -0.2) is 9.97 Å². The minimum Gasteiger partial charge on any atom is -0.343 e. The first kappa shape index (κ1) is 10.5. The Morgan fingerprint density at radius 2 is 1.67 bits per heavy atom. The van der Waals surface area contributed by atoms with E-state index in [1.807, 2.05) is 11.3 Å². The molecule has 0 unspecified atom stereocenters. The Hall–Kier alpha value is -1.43. The quantitative estimate of drug-likeness (QED) is 0.547. The molecule has 88 valence electrons. The third kappa shape index (κ3) is 1.48. The molecule has 4 aromatic rings. The van der Waals surface area contributed by atoms with Crippen LogP contribution < -0.4 is 0 Å². The average Bonchev–Trinajstić information content (AvgIpc) is 3.14. The maximum Gasteiger partial charge on any atom is 0.108 e. The van der Waals surface area contributed by atoms with Crippen molar-refractivity contribution in [2.45, 2.75) is 0 Å². The molecule has 0 bridgehead atoms. The van der Waals surface area contributed by atoms with Crippen LogP contribution in [0.3, 0.4) is 0 Å². The van der Waals surface area contributed by atoms with Gasteiger partial charge in [0.2, 0.25) is 0 Å². The molecule has 0 aliphatic carbocycles. The number of aromatic amines is 1. The van der Waals surface area contributed by atoms with Crippen molar-refractivity contribution in [3.8, 4) is 19.5 Å². The Kier molecular flexibility index (Phi) is 2.36. The predicted octanol–water partition coefficient (Wildman–Crippen LogP) is 5.08. The molecule has 0 radical (unpaired) electrons. The Morgan fingerprint density at radius 3 is 2.33 bits per heavy atom. The summed E-state index contributed by atoms with van der Waals surface area (Å²) in [6.07, 6.45) is 1.78. The molecule has 0 aliphatic heterocycles. The van der Waals surface area contributed by atoms with Crippen LogP contribution in [0.4, 0.5) is 0 Å². The number of H-pyrrole nitrogens is 1. The van der Waals surface area contributed by atoms with E-state index in [9.17, 15) is 0 Å². The lowest BCUT2D eigenvalue weighted by molar-refractivity contribution is 1.34. The van der Waals surface area contributed by atoms with Crippen molar-refractivity contribution in [2.75, 3.05) is 0 Å². The molecule has 1 N–H and O–H groups in total. The Morgan fingerprint density at radius 1 is 0.944 bits per heavy atom. The summed E-state index contributed by atoms with van der Waals surface area (Å²) >= 11 is 5.36. The number of nitrogens with zero attached hydrogens (tertiary/aromatic N) is 1. The molecule has 0 atom stereocenters. The van der Waals surface area contributed by atoms with Crippen LogP contribution >= 0.6 is 34.0 Å². The summed E-state index contributed by atoms with van der Waals surface area (Å²) in [4.78, 5) is 12.9. The molecular weight excluding hydrogens is 280 g/mol. The summed E-state index contributed by atoms with van der Waals surface area (Å²) in [5, 5.41) is 4.22. The summed E-state index contributed by atoms with van der Waals surface area (Å²) in [6, 6.07) is 8.49. The van der Waals surface area contributed by atoms with Crippen LogP contribution in [0.25, 0.3) is 30.5 Å². The van der Waals surface area contributed by atoms with Gasteiger partial charge in [0, 0.05) is 9.75 Å². The third-order valence-electron chi connectivity index (χ3n) is 2.78. The highest BCUT2D eigenvalue weighted by molar-refractivity contribution is 7.27. The Labute approximate surface area is 116 Å². The van der Waals surface area contributed by atoms with E-state index in [0.29, 0.717) is 0 Å². The number of hydrogen-bond donors (Lipinski definition) is 1. The molecule has 18 heavy (non-hydrogen) atoms. The Bertz CT molecular complexity index is 712. The van der Waals surface area contributed by atoms with E-state index in [0.717, 1.165) is 11.0 Å². The fraction of sp³-hybridized carbons (Fsp3) is 0. The van der Waals surface area contributed by atoms with Crippen LogP contribution in [0.2, 0.25) is 0 Å². The minimum atomic E-state index is 1.09. The standard InChI is InChI=1S/C13H8N2S3/c1-3-8(16-5-1)12-10-11(15-7-14-10)13(18-12)9-4-2-6-17-9/h1-7H,(H,14,15). The summed E-state index contributed by atoms with van der Waals surface area (Å²) < 4.78 is 0. The molecule has 0 fully saturated rings. The van der Waals surface area contributed by atoms with Crippen LogP contribution in [0.1, 0.15) is 0 Å². The van der Waals surface area contributed by atoms with Gasteiger partial charge in [-0.2, -0.15) is 0 Å². The Balaban J connectivity index is 2.03. The highest BCUT2D eigenvalue weighted by Gasteiger charge is 2.17. The second kappa shape index (κ2) is 4.05. The highest BCUT2D eigenvalue weighted by atomic mass is 32.1. The van der Waals surface area contributed by atoms with Gasteiger partial charge in [-0.1, -0.05) is 12.1 Å². The lowest BCUT2D eigenvalue weighted by Gasteiger charge is -1.90. The first-order valence-electron chi connectivity index (χ1n) is 5.47. The second-order valence-electron chi connectivity index (χ2n) is 3.84. The summed E-state index contributed by atoms with van der Waals surface area (Å²) in [5.41, 5.74) is 2.25. The normalized spacial score (nSPS) is 11.3. The maximum absolute atomic E-state index is 4.47. The predicted molar refractivity (Wildman–Crippen MR) is 80.6 cm³/mol. The van der Waals surface area contributed by atoms with Crippen LogP contribution in [0.15, 0.2) is 41.4 Å². The van der Waals surface area contributed by atoms with Crippen molar-refractivity contribution in [1.29, 1.82) is 0 Å². The van der Waals surface area contributed by atoms with Gasteiger partial charge in [-0.3, -0.25) is 0 Å². The van der Waals surface area contributed by atoms with Crippen LogP contribution in [0, 0.1) is 0 Å². The number of aromatic nitrogens is 2. The molecule has 4 heterocycles. The zero-order chi connectivity index (χ0) is 11.9. The molecule has 0 saturated carbocycles. The van der Waals surface area contributed by atoms with E-state index >= 15 is 0 Å². The molecule has 2 nitrogen and oxygen atoms in total. The highest BCUT2D eigenvalue weighted by Crippen LogP contribution is 2.44. The fourth-order valence-corrected chi connectivity index (χ4v) is 4.92. The van der Waals surface area contributed by atoms with Crippen molar-refractivity contribution in [3.63, 3.8) is 0 Å². The van der Waals surface area contributed by atoms with Gasteiger partial charge in [0.25, 0.3) is 0 Å². The molecule has 5 heteroatoms. The molecule has 0 aliphatic rings. The number of thiophene rings is 3. The van der Waals surface area contributed by atoms with E-state index in [-0.39, 0.29) is 0 Å². The maximum atomic E-state index is 4.47. The molecule has 0 spiro atoms. The molecular formula is C13H8N2S3. The second-order valence-corrected chi connectivity index (χ2v) is 6.76. The third-order valence-corrected chi connectivity index (χ3v) is 6.05. The van der Waals surface area contributed by atoms with E-state index in [1.54, 1.807) is 29.0 Å². The molecule has 0 amide bonds. The minimum absolute atomic E-state index is 1.09. The van der Waals surface area contributed by atoms with E-state index < -0.39 is 0 Å². The topological polar surface area (TPSA) is 28.7 Å². The van der Waals surface area contributed by atoms with Crippen molar-refractivity contribution in [2.24, 2.45) is 0 Å². The number of nitrogens with one attached hydrogen (secondary N) is 1. The largest absolute Gasteiger partial charge is 0.343 e. The van der Waals surface area contributed by atoms with E-state index in [2.05, 4.69) is 45.0 Å². The number of hydrogen-bond acceptors (Lipinski definition) is 4. The van der Waals surface area contributed by atoms with Gasteiger partial charge in [0.15, 0.2) is 0 Å². The van der Waals surface area contributed by atoms with E-state index in [1.165, 1.54) is 19.5 Å². The number of rotatable bonds is 2. The van der Waals surface area contributed by atoms with Crippen molar-refractivity contribution in [1.82, 2.24) is 9.97 Å². The lowest BCUT2D eigenvalue weighted by atomic mass is 10.3. The van der Waals surface area contributed by atoms with Crippen molar-refractivity contribution >= 4 is 45.0 Å². The van der Waals surface area contributed by atoms with Gasteiger partial charge in [0.1, 0.15) is 5.52 Å². The van der Waals surface area contributed by atoms with Crippen LogP contribution in [0.5, 0.6) is 0 Å². The summed E-state index contributed by atoms with van der Waals surface area (Å²) in [7, 11) is 0. The summed E-state index contributed by atoms with van der Waals surface area (Å²) in [5.74, 6) is 0. The van der Waals surface area contributed by atoms with Crippen LogP contribution in [-0.2, 0) is 0 Å². The van der Waals surface area contributed by atoms with Crippen molar-refractivity contribution in [3.05, 3.63) is 41.4 Å². The van der Waals surface area contributed by atoms with Gasteiger partial charge in [-0.15, -0.1) is 34.0 Å². The monoisotopic (exact) mass is 288 g/mol. The lowest BCUT2D eigenvalue weighted by Crippen LogP contribution is -1.65. The SMILES string of the molecule is c1csc(-c2sc(-c3cccs3)c3[nH]cnc23)c1. The zero-order valence-corrected chi connectivity index (χ0v) is 11.7. The molecule has 4 aromatic heterocycles. The van der Waals surface area contributed by atoms with Crippen molar-refractivity contribution < 1.29 is 0 Å². The fourth-order valence-electron chi connectivity index (χ4n) is 2.00. The van der Waals surface area contributed by atoms with Gasteiger partial charge < -0.3 is 4.98 Å². The van der Waals surface area contributed by atoms with E-state index in [4.69, 9.17) is 0 Å². The number of fused-ring (bicyclic) bond motifs is 1. The summed E-state index contributed by atoms with van der Waals surface area (Å²) in [6.45, 7) is 0. The molecule has 0 saturated heterocycles. The molecule has 4 rings (SSSR count). The van der Waals surface area contributed by atoms with Gasteiger partial charge in [-0.05, 0) is 22.9 Å². The average molecular weight is 288 g/mol. The molecule has 0 aromatic carbocycles. The van der Waals surface area contributed by atoms with Gasteiger partial charge >= 0.3 is 0 Å². The smallest absolute Gasteiger partial charge is 0.108 e. The van der Waals surface area contributed by atoms with Gasteiger partial charge in [-0.25, -0.2) is 4.98 Å². The van der Waals surface area contributed by atoms with Gasteiger partial charge in [0.05, 0.1) is 21.6 Å². The number of imidazole rings is 1. The first-order chi connectivity index (χ1) is 8.93. The first-order valence-corrected chi connectivity index (χ1v) is 8.04.